The van der Waals surface area contributed by atoms with Crippen LogP contribution in [0.25, 0.3) is 6.08 Å². The monoisotopic (exact) mass is 554 g/mol. The van der Waals surface area contributed by atoms with Gasteiger partial charge in [0.2, 0.25) is 5.91 Å². The summed E-state index contributed by atoms with van der Waals surface area (Å²) in [5, 5.41) is 12.7. The van der Waals surface area contributed by atoms with E-state index in [4.69, 9.17) is 9.47 Å². The first-order chi connectivity index (χ1) is 19.7. The van der Waals surface area contributed by atoms with Crippen molar-refractivity contribution in [1.82, 2.24) is 9.80 Å². The van der Waals surface area contributed by atoms with Gasteiger partial charge in [-0.05, 0) is 68.2 Å². The van der Waals surface area contributed by atoms with E-state index in [0.717, 1.165) is 23.2 Å². The molecule has 3 saturated carbocycles. The molecule has 2 aromatic carbocycles. The first-order valence-corrected chi connectivity index (χ1v) is 14.8. The van der Waals surface area contributed by atoms with E-state index in [0.29, 0.717) is 42.3 Å². The molecule has 8 rings (SSSR count). The highest BCUT2D eigenvalue weighted by Gasteiger charge is 2.81. The van der Waals surface area contributed by atoms with Crippen molar-refractivity contribution in [3.05, 3.63) is 64.7 Å². The summed E-state index contributed by atoms with van der Waals surface area (Å²) < 4.78 is 12.3. The van der Waals surface area contributed by atoms with Gasteiger partial charge in [-0.2, -0.15) is 0 Å². The van der Waals surface area contributed by atoms with Crippen LogP contribution in [0.1, 0.15) is 62.1 Å². The van der Waals surface area contributed by atoms with Gasteiger partial charge in [0, 0.05) is 30.6 Å². The van der Waals surface area contributed by atoms with Crippen molar-refractivity contribution in [2.75, 3.05) is 6.54 Å². The number of carbonyl (C=O) groups is 3. The normalized spacial score (nSPS) is 37.4. The minimum absolute atomic E-state index is 0.0244. The molecule has 2 aromatic rings. The molecule has 3 aliphatic heterocycles. The number of imide groups is 1. The molecule has 3 heterocycles. The fourth-order valence-corrected chi connectivity index (χ4v) is 8.74. The topological polar surface area (TPSA) is 96.2 Å². The Balaban J connectivity index is 1.21. The fourth-order valence-electron chi connectivity index (χ4n) is 8.74. The Morgan fingerprint density at radius 2 is 1.90 bits per heavy atom. The molecule has 8 heteroatoms. The lowest BCUT2D eigenvalue weighted by molar-refractivity contribution is -0.157. The average molecular weight is 555 g/mol. The molecule has 0 radical (unpaired) electrons. The number of fused-ring (bicyclic) bond motifs is 3. The van der Waals surface area contributed by atoms with E-state index < -0.39 is 29.1 Å². The molecule has 2 amide bonds. The molecule has 2 unspecified atom stereocenters. The standard InChI is InChI=1S/C33H34N2O6/c1-18-8-11-25(40-19(2)36)28-27(18)32-16-24-29(34(24)17-21-9-10-21)33(32,39)13-12-23(30(32)41-28)35-26(37)15-22(31(35)38)14-20-6-4-3-5-7-20/h3-8,11,14,21,23-24,29-30,39H,9-10,12-13,15-17H2,1-2H3/b22-14+/t23-,24?,29-,30+,32+,33-,34?/m1/s1. The van der Waals surface area contributed by atoms with Crippen LogP contribution in [-0.4, -0.2) is 69.1 Å². The van der Waals surface area contributed by atoms with E-state index in [9.17, 15) is 19.5 Å². The zero-order valence-electron chi connectivity index (χ0n) is 23.3. The van der Waals surface area contributed by atoms with E-state index in [1.807, 2.05) is 43.3 Å². The largest absolute Gasteiger partial charge is 0.483 e. The van der Waals surface area contributed by atoms with E-state index in [1.165, 1.54) is 24.7 Å². The molecule has 41 heavy (non-hydrogen) atoms. The lowest BCUT2D eigenvalue weighted by Gasteiger charge is -2.53. The lowest BCUT2D eigenvalue weighted by Crippen LogP contribution is -2.68. The number of rotatable bonds is 5. The van der Waals surface area contributed by atoms with Gasteiger partial charge in [0.15, 0.2) is 11.5 Å². The zero-order valence-corrected chi connectivity index (χ0v) is 23.3. The first kappa shape index (κ1) is 25.2. The molecule has 0 aromatic heterocycles. The van der Waals surface area contributed by atoms with Crippen molar-refractivity contribution in [2.24, 2.45) is 5.92 Å². The maximum atomic E-state index is 13.8. The van der Waals surface area contributed by atoms with Crippen LogP contribution >= 0.6 is 0 Å². The predicted molar refractivity (Wildman–Crippen MR) is 149 cm³/mol. The Kier molecular flexibility index (Phi) is 5.24. The Bertz CT molecular complexity index is 1530. The summed E-state index contributed by atoms with van der Waals surface area (Å²) in [6.07, 6.45) is 5.30. The van der Waals surface area contributed by atoms with Crippen LogP contribution in [0.4, 0.5) is 0 Å². The fraction of sp³-hybridized carbons (Fsp3) is 0.485. The van der Waals surface area contributed by atoms with Crippen LogP contribution in [0.2, 0.25) is 0 Å². The summed E-state index contributed by atoms with van der Waals surface area (Å²) >= 11 is 0. The molecule has 5 fully saturated rings. The van der Waals surface area contributed by atoms with E-state index in [1.54, 1.807) is 12.1 Å². The van der Waals surface area contributed by atoms with Gasteiger partial charge in [-0.1, -0.05) is 36.4 Å². The summed E-state index contributed by atoms with van der Waals surface area (Å²) in [6.45, 7) is 4.37. The van der Waals surface area contributed by atoms with Crippen LogP contribution in [-0.2, 0) is 19.8 Å². The maximum Gasteiger partial charge on any atom is 0.308 e. The van der Waals surface area contributed by atoms with E-state index in [2.05, 4.69) is 4.90 Å². The molecule has 8 nitrogen and oxygen atoms in total. The van der Waals surface area contributed by atoms with Gasteiger partial charge in [-0.25, -0.2) is 0 Å². The van der Waals surface area contributed by atoms with E-state index >= 15 is 0 Å². The quantitative estimate of drug-likeness (QED) is 0.199. The summed E-state index contributed by atoms with van der Waals surface area (Å²) in [5.74, 6) is 0.514. The maximum absolute atomic E-state index is 13.8. The number of aliphatic hydroxyl groups is 1. The lowest BCUT2D eigenvalue weighted by atomic mass is 9.57. The third-order valence-corrected chi connectivity index (χ3v) is 10.5. The predicted octanol–water partition coefficient (Wildman–Crippen LogP) is 3.52. The first-order valence-electron chi connectivity index (χ1n) is 14.8. The Hall–Kier alpha value is -3.49. The molecule has 0 bridgehead atoms. The van der Waals surface area contributed by atoms with Crippen molar-refractivity contribution in [3.8, 4) is 11.5 Å². The second kappa shape index (κ2) is 8.52. The minimum Gasteiger partial charge on any atom is -0.483 e. The number of nitrogens with zero attached hydrogens (tertiary/aromatic N) is 2. The third-order valence-electron chi connectivity index (χ3n) is 10.5. The van der Waals surface area contributed by atoms with Crippen LogP contribution in [0.15, 0.2) is 48.0 Å². The SMILES string of the molecule is CC(=O)Oc1ccc(C)c2c1O[C@H]1[C@H](N3C(=O)C/C(=C\c4ccccc4)C3=O)CC[C@@]3(O)[C@H]4C(C[C@]213)N4CC1CC1. The average Bonchev–Trinajstić information content (AvgIpc) is 3.80. The summed E-state index contributed by atoms with van der Waals surface area (Å²) in [4.78, 5) is 43.2. The number of benzene rings is 2. The Labute approximate surface area is 238 Å². The minimum atomic E-state index is -1.08. The molecule has 7 atom stereocenters. The number of amides is 2. The molecule has 6 aliphatic rings. The highest BCUT2D eigenvalue weighted by Crippen LogP contribution is 2.70. The molecular formula is C33H34N2O6. The van der Waals surface area contributed by atoms with Crippen molar-refractivity contribution in [3.63, 3.8) is 0 Å². The van der Waals surface area contributed by atoms with Gasteiger partial charge in [-0.15, -0.1) is 0 Å². The van der Waals surface area contributed by atoms with E-state index in [-0.39, 0.29) is 30.3 Å². The van der Waals surface area contributed by atoms with Gasteiger partial charge in [0.05, 0.1) is 29.5 Å². The second-order valence-electron chi connectivity index (χ2n) is 12.9. The van der Waals surface area contributed by atoms with Crippen LogP contribution in [0, 0.1) is 12.8 Å². The number of hydrogen-bond donors (Lipinski definition) is 1. The molecule has 2 saturated heterocycles. The van der Waals surface area contributed by atoms with Gasteiger partial charge in [0.25, 0.3) is 5.91 Å². The Morgan fingerprint density at radius 1 is 1.12 bits per heavy atom. The summed E-state index contributed by atoms with van der Waals surface area (Å²) in [7, 11) is 0. The smallest absolute Gasteiger partial charge is 0.308 e. The molecule has 212 valence electrons. The van der Waals surface area contributed by atoms with Crippen molar-refractivity contribution < 1.29 is 29.0 Å². The molecule has 1 spiro atoms. The summed E-state index contributed by atoms with van der Waals surface area (Å²) in [5.41, 5.74) is 1.27. The number of aryl methyl sites for hydroxylation is 1. The van der Waals surface area contributed by atoms with Crippen molar-refractivity contribution >= 4 is 23.9 Å². The van der Waals surface area contributed by atoms with Crippen LogP contribution < -0.4 is 9.47 Å². The number of piperidine rings is 1. The highest BCUT2D eigenvalue weighted by atomic mass is 16.6. The van der Waals surface area contributed by atoms with Crippen molar-refractivity contribution in [1.29, 1.82) is 0 Å². The number of hydrogen-bond acceptors (Lipinski definition) is 7. The highest BCUT2D eigenvalue weighted by molar-refractivity contribution is 6.16. The Morgan fingerprint density at radius 3 is 2.63 bits per heavy atom. The second-order valence-corrected chi connectivity index (χ2v) is 12.9. The molecular weight excluding hydrogens is 520 g/mol. The molecule has 3 aliphatic carbocycles. The number of carbonyl (C=O) groups excluding carboxylic acids is 3. The van der Waals surface area contributed by atoms with Crippen LogP contribution in [0.5, 0.6) is 11.5 Å². The van der Waals surface area contributed by atoms with Gasteiger partial charge in [0.1, 0.15) is 6.10 Å². The van der Waals surface area contributed by atoms with Gasteiger partial charge in [-0.3, -0.25) is 24.2 Å². The number of likely N-dealkylation sites (tertiary alicyclic amines) is 2. The van der Waals surface area contributed by atoms with Crippen LogP contribution in [0.3, 0.4) is 0 Å². The zero-order chi connectivity index (χ0) is 28.3. The third kappa shape index (κ3) is 3.43. The van der Waals surface area contributed by atoms with Gasteiger partial charge < -0.3 is 14.6 Å². The number of esters is 1. The molecule has 1 N–H and O–H groups in total. The number of ether oxygens (including phenoxy) is 2. The van der Waals surface area contributed by atoms with Gasteiger partial charge >= 0.3 is 5.97 Å². The van der Waals surface area contributed by atoms with Crippen molar-refractivity contribution in [2.45, 2.75) is 87.6 Å². The summed E-state index contributed by atoms with van der Waals surface area (Å²) in [6, 6.07) is 12.9.